The van der Waals surface area contributed by atoms with Crippen LogP contribution in [0.15, 0.2) is 30.3 Å². The van der Waals surface area contributed by atoms with E-state index in [1.54, 1.807) is 0 Å². The summed E-state index contributed by atoms with van der Waals surface area (Å²) >= 11 is 5.04. The van der Waals surface area contributed by atoms with Crippen LogP contribution in [0.4, 0.5) is 5.69 Å². The van der Waals surface area contributed by atoms with Crippen LogP contribution in [0.5, 0.6) is 0 Å². The molecule has 0 unspecified atom stereocenters. The molecule has 1 saturated carbocycles. The molecule has 3 N–H and O–H groups in total. The molecule has 0 bridgehead atoms. The van der Waals surface area contributed by atoms with Gasteiger partial charge in [0.15, 0.2) is 0 Å². The Kier molecular flexibility index (Phi) is 3.15. The summed E-state index contributed by atoms with van der Waals surface area (Å²) in [5.41, 5.74) is 5.87. The number of thiocarbonyl (C=S) groups is 1. The third-order valence-corrected chi connectivity index (χ3v) is 3.72. The Morgan fingerprint density at radius 3 is 2.47 bits per heavy atom. The average Bonchev–Trinajstić information content (AvgIpc) is 2.25. The summed E-state index contributed by atoms with van der Waals surface area (Å²) in [6.07, 6.45) is 1.50. The maximum absolute atomic E-state index is 12.2. The number of amides is 1. The Hall–Kier alpha value is -1.42. The van der Waals surface area contributed by atoms with Gasteiger partial charge in [0.1, 0.15) is 0 Å². The second-order valence-corrected chi connectivity index (χ2v) is 5.22. The van der Waals surface area contributed by atoms with Gasteiger partial charge in [0.25, 0.3) is 0 Å². The molecule has 0 spiro atoms. The minimum absolute atomic E-state index is 0.0747. The Labute approximate surface area is 106 Å². The lowest BCUT2D eigenvalue weighted by Gasteiger charge is -2.44. The molecular formula is C13H16N2OS. The third-order valence-electron chi connectivity index (χ3n) is 3.33. The Morgan fingerprint density at radius 1 is 1.41 bits per heavy atom. The molecule has 0 saturated heterocycles. The number of carbonyl (C=O) groups is 1. The fourth-order valence-electron chi connectivity index (χ4n) is 2.40. The van der Waals surface area contributed by atoms with Crippen molar-refractivity contribution in [2.75, 3.05) is 5.32 Å². The summed E-state index contributed by atoms with van der Waals surface area (Å²) in [6.45, 7) is 2.10. The molecule has 1 aromatic rings. The molecule has 1 amide bonds. The fraction of sp³-hybridized carbons (Fsp3) is 0.385. The van der Waals surface area contributed by atoms with Crippen LogP contribution in [-0.4, -0.2) is 10.9 Å². The average molecular weight is 248 g/mol. The number of nitrogens with one attached hydrogen (secondary N) is 1. The molecule has 1 fully saturated rings. The number of carbonyl (C=O) groups excluding carboxylic acids is 1. The SMILES string of the molecule is CC1CC(C(=O)Nc2ccccc2)(C(N)=S)C1. The minimum Gasteiger partial charge on any atom is -0.392 e. The van der Waals surface area contributed by atoms with E-state index in [0.717, 1.165) is 18.5 Å². The van der Waals surface area contributed by atoms with E-state index in [1.165, 1.54) is 0 Å². The standard InChI is InChI=1S/C13H16N2OS/c1-9-7-13(8-9,11(14)17)12(16)15-10-5-3-2-4-6-10/h2-6,9H,7-8H2,1H3,(H2,14,17)(H,15,16). The van der Waals surface area contributed by atoms with Gasteiger partial charge in [0.2, 0.25) is 5.91 Å². The zero-order valence-corrected chi connectivity index (χ0v) is 10.6. The summed E-state index contributed by atoms with van der Waals surface area (Å²) in [5.74, 6) is 0.437. The number of para-hydroxylation sites is 1. The normalized spacial score (nSPS) is 27.0. The maximum atomic E-state index is 12.2. The van der Waals surface area contributed by atoms with Crippen molar-refractivity contribution in [3.63, 3.8) is 0 Å². The van der Waals surface area contributed by atoms with Crippen LogP contribution >= 0.6 is 12.2 Å². The molecule has 0 aromatic heterocycles. The highest BCUT2D eigenvalue weighted by Crippen LogP contribution is 2.46. The van der Waals surface area contributed by atoms with Gasteiger partial charge in [-0.15, -0.1) is 0 Å². The third kappa shape index (κ3) is 2.17. The lowest BCUT2D eigenvalue weighted by molar-refractivity contribution is -0.127. The molecule has 0 radical (unpaired) electrons. The van der Waals surface area contributed by atoms with Crippen molar-refractivity contribution in [1.82, 2.24) is 0 Å². The van der Waals surface area contributed by atoms with Crippen molar-refractivity contribution < 1.29 is 4.79 Å². The molecule has 0 aliphatic heterocycles. The number of hydrogen-bond donors (Lipinski definition) is 2. The van der Waals surface area contributed by atoms with Gasteiger partial charge in [-0.2, -0.15) is 0 Å². The second-order valence-electron chi connectivity index (χ2n) is 4.78. The van der Waals surface area contributed by atoms with Crippen LogP contribution in [0.25, 0.3) is 0 Å². The fourth-order valence-corrected chi connectivity index (χ4v) is 2.66. The van der Waals surface area contributed by atoms with Gasteiger partial charge in [-0.05, 0) is 30.9 Å². The predicted molar refractivity (Wildman–Crippen MR) is 72.7 cm³/mol. The molecule has 1 aliphatic rings. The van der Waals surface area contributed by atoms with Crippen LogP contribution in [0.1, 0.15) is 19.8 Å². The van der Waals surface area contributed by atoms with E-state index in [4.69, 9.17) is 18.0 Å². The molecule has 3 nitrogen and oxygen atoms in total. The first-order valence-electron chi connectivity index (χ1n) is 5.71. The van der Waals surface area contributed by atoms with E-state index in [-0.39, 0.29) is 5.91 Å². The molecule has 90 valence electrons. The van der Waals surface area contributed by atoms with Gasteiger partial charge >= 0.3 is 0 Å². The van der Waals surface area contributed by atoms with Crippen molar-refractivity contribution in [3.05, 3.63) is 30.3 Å². The zero-order chi connectivity index (χ0) is 12.5. The quantitative estimate of drug-likeness (QED) is 0.807. The molecule has 1 aliphatic carbocycles. The van der Waals surface area contributed by atoms with Gasteiger partial charge in [-0.1, -0.05) is 37.3 Å². The van der Waals surface area contributed by atoms with E-state index in [9.17, 15) is 4.79 Å². The highest BCUT2D eigenvalue weighted by atomic mass is 32.1. The number of rotatable bonds is 3. The first kappa shape index (κ1) is 12.0. The van der Waals surface area contributed by atoms with E-state index < -0.39 is 5.41 Å². The molecule has 1 aromatic carbocycles. The largest absolute Gasteiger partial charge is 0.392 e. The summed E-state index contributed by atoms with van der Waals surface area (Å²) in [7, 11) is 0. The Balaban J connectivity index is 2.12. The molecule has 4 heteroatoms. The minimum atomic E-state index is -0.634. The molecule has 17 heavy (non-hydrogen) atoms. The second kappa shape index (κ2) is 4.45. The predicted octanol–water partition coefficient (Wildman–Crippen LogP) is 2.33. The van der Waals surface area contributed by atoms with Crippen molar-refractivity contribution in [1.29, 1.82) is 0 Å². The van der Waals surface area contributed by atoms with E-state index in [2.05, 4.69) is 12.2 Å². The number of hydrogen-bond acceptors (Lipinski definition) is 2. The topological polar surface area (TPSA) is 55.1 Å². The van der Waals surface area contributed by atoms with E-state index in [0.29, 0.717) is 10.9 Å². The van der Waals surface area contributed by atoms with Gasteiger partial charge in [-0.3, -0.25) is 4.79 Å². The zero-order valence-electron chi connectivity index (χ0n) is 9.77. The highest BCUT2D eigenvalue weighted by molar-refractivity contribution is 7.80. The molecular weight excluding hydrogens is 232 g/mol. The van der Waals surface area contributed by atoms with Crippen LogP contribution in [-0.2, 0) is 4.79 Å². The van der Waals surface area contributed by atoms with Gasteiger partial charge in [0, 0.05) is 5.69 Å². The van der Waals surface area contributed by atoms with Crippen molar-refractivity contribution >= 4 is 28.8 Å². The van der Waals surface area contributed by atoms with Crippen LogP contribution in [0.3, 0.4) is 0 Å². The summed E-state index contributed by atoms with van der Waals surface area (Å²) in [4.78, 5) is 12.5. The molecule has 2 rings (SSSR count). The summed E-state index contributed by atoms with van der Waals surface area (Å²) in [5, 5.41) is 2.88. The van der Waals surface area contributed by atoms with Crippen LogP contribution in [0, 0.1) is 11.3 Å². The lowest BCUT2D eigenvalue weighted by atomic mass is 9.62. The Bertz CT molecular complexity index is 438. The monoisotopic (exact) mass is 248 g/mol. The van der Waals surface area contributed by atoms with Crippen molar-refractivity contribution in [3.8, 4) is 0 Å². The molecule has 0 heterocycles. The summed E-state index contributed by atoms with van der Waals surface area (Å²) < 4.78 is 0. The smallest absolute Gasteiger partial charge is 0.237 e. The summed E-state index contributed by atoms with van der Waals surface area (Å²) in [6, 6.07) is 9.38. The van der Waals surface area contributed by atoms with Gasteiger partial charge < -0.3 is 11.1 Å². The first-order valence-corrected chi connectivity index (χ1v) is 6.12. The number of benzene rings is 1. The van der Waals surface area contributed by atoms with Crippen LogP contribution < -0.4 is 11.1 Å². The number of anilines is 1. The van der Waals surface area contributed by atoms with Crippen molar-refractivity contribution in [2.24, 2.45) is 17.1 Å². The lowest BCUT2D eigenvalue weighted by Crippen LogP contribution is -2.53. The number of nitrogens with two attached hydrogens (primary N) is 1. The van der Waals surface area contributed by atoms with Crippen molar-refractivity contribution in [2.45, 2.75) is 19.8 Å². The van der Waals surface area contributed by atoms with Crippen LogP contribution in [0.2, 0.25) is 0 Å². The highest BCUT2D eigenvalue weighted by Gasteiger charge is 2.50. The first-order chi connectivity index (χ1) is 8.04. The maximum Gasteiger partial charge on any atom is 0.237 e. The van der Waals surface area contributed by atoms with E-state index in [1.807, 2.05) is 30.3 Å². The van der Waals surface area contributed by atoms with E-state index >= 15 is 0 Å². The molecule has 0 atom stereocenters. The van der Waals surface area contributed by atoms with Gasteiger partial charge in [0.05, 0.1) is 10.4 Å². The Morgan fingerprint density at radius 2 is 2.00 bits per heavy atom. The van der Waals surface area contributed by atoms with Gasteiger partial charge in [-0.25, -0.2) is 0 Å².